The molecule has 1 atom stereocenters. The van der Waals surface area contributed by atoms with E-state index in [1.807, 2.05) is 36.4 Å². The van der Waals surface area contributed by atoms with Crippen LogP contribution in [0.5, 0.6) is 11.5 Å². The molecule has 0 aliphatic carbocycles. The Morgan fingerprint density at radius 3 is 2.19 bits per heavy atom. The minimum atomic E-state index is -3.76. The van der Waals surface area contributed by atoms with Crippen LogP contribution in [0.3, 0.4) is 0 Å². The van der Waals surface area contributed by atoms with Crippen LogP contribution in [0.25, 0.3) is 11.1 Å². The number of ether oxygens (including phenoxy) is 1. The lowest BCUT2D eigenvalue weighted by Crippen LogP contribution is -2.12. The fourth-order valence-electron chi connectivity index (χ4n) is 3.42. The standard InChI is InChI=1S/C28H25ClNO5P/c1-2-33-28(31)22-14-18-24(19-15-22)30-20-36(32,34-25-8-4-3-5-9-25)35-27-11-7-6-10-26(27)21-12-16-23(29)17-13-21/h3-19,30H,2,20H2,1H3. The summed E-state index contributed by atoms with van der Waals surface area (Å²) in [6, 6.07) is 30.2. The molecule has 0 aliphatic rings. The van der Waals surface area contributed by atoms with Gasteiger partial charge in [0, 0.05) is 16.3 Å². The van der Waals surface area contributed by atoms with E-state index >= 15 is 0 Å². The second kappa shape index (κ2) is 11.8. The summed E-state index contributed by atoms with van der Waals surface area (Å²) < 4.78 is 31.0. The van der Waals surface area contributed by atoms with Crippen LogP contribution in [0.15, 0.2) is 103 Å². The van der Waals surface area contributed by atoms with E-state index in [4.69, 9.17) is 25.4 Å². The van der Waals surface area contributed by atoms with Crippen molar-refractivity contribution in [2.45, 2.75) is 6.92 Å². The van der Waals surface area contributed by atoms with Crippen LogP contribution in [-0.4, -0.2) is 18.9 Å². The van der Waals surface area contributed by atoms with Crippen molar-refractivity contribution < 1.29 is 23.1 Å². The highest BCUT2D eigenvalue weighted by atomic mass is 35.5. The van der Waals surface area contributed by atoms with Crippen molar-refractivity contribution >= 4 is 30.9 Å². The predicted octanol–water partition coefficient (Wildman–Crippen LogP) is 7.90. The molecule has 36 heavy (non-hydrogen) atoms. The molecule has 0 aliphatic heterocycles. The molecule has 0 saturated carbocycles. The third-order valence-electron chi connectivity index (χ3n) is 5.14. The van der Waals surface area contributed by atoms with E-state index < -0.39 is 13.6 Å². The van der Waals surface area contributed by atoms with E-state index in [0.717, 1.165) is 11.1 Å². The molecule has 4 aromatic carbocycles. The molecule has 4 rings (SSSR count). The number of carbonyl (C=O) groups excluding carboxylic acids is 1. The van der Waals surface area contributed by atoms with Gasteiger partial charge in [-0.05, 0) is 67.1 Å². The Bertz CT molecular complexity index is 1340. The molecule has 1 N–H and O–H groups in total. The Hall–Kier alpha value is -3.73. The van der Waals surface area contributed by atoms with Crippen molar-refractivity contribution in [3.05, 3.63) is 114 Å². The number of halogens is 1. The third kappa shape index (κ3) is 6.69. The molecule has 184 valence electrons. The van der Waals surface area contributed by atoms with Gasteiger partial charge in [0.25, 0.3) is 0 Å². The van der Waals surface area contributed by atoms with Crippen LogP contribution in [0.1, 0.15) is 17.3 Å². The lowest BCUT2D eigenvalue weighted by Gasteiger charge is -2.22. The topological polar surface area (TPSA) is 73.9 Å². The quantitative estimate of drug-likeness (QED) is 0.169. The molecular weight excluding hydrogens is 497 g/mol. The van der Waals surface area contributed by atoms with Crippen molar-refractivity contribution in [1.29, 1.82) is 0 Å². The van der Waals surface area contributed by atoms with Crippen LogP contribution in [0.4, 0.5) is 5.69 Å². The molecule has 0 aromatic heterocycles. The van der Waals surface area contributed by atoms with Gasteiger partial charge >= 0.3 is 13.6 Å². The van der Waals surface area contributed by atoms with Crippen molar-refractivity contribution in [2.75, 3.05) is 18.2 Å². The van der Waals surface area contributed by atoms with Crippen molar-refractivity contribution in [2.24, 2.45) is 0 Å². The minimum absolute atomic E-state index is 0.115. The van der Waals surface area contributed by atoms with E-state index in [9.17, 15) is 9.36 Å². The number of carbonyl (C=O) groups is 1. The molecular formula is C28H25ClNO5P. The first-order valence-electron chi connectivity index (χ1n) is 11.3. The van der Waals surface area contributed by atoms with Gasteiger partial charge in [-0.25, -0.2) is 9.36 Å². The minimum Gasteiger partial charge on any atom is -0.462 e. The number of anilines is 1. The molecule has 0 bridgehead atoms. The van der Waals surface area contributed by atoms with Crippen molar-refractivity contribution in [3.63, 3.8) is 0 Å². The first-order chi connectivity index (χ1) is 17.5. The molecule has 0 saturated heterocycles. The molecule has 0 fully saturated rings. The van der Waals surface area contributed by atoms with Gasteiger partial charge in [-0.3, -0.25) is 0 Å². The Labute approximate surface area is 215 Å². The molecule has 4 aromatic rings. The summed E-state index contributed by atoms with van der Waals surface area (Å²) in [5.41, 5.74) is 2.70. The zero-order chi connectivity index (χ0) is 25.4. The summed E-state index contributed by atoms with van der Waals surface area (Å²) >= 11 is 6.05. The number of nitrogens with one attached hydrogen (secondary N) is 1. The number of hydrogen-bond acceptors (Lipinski definition) is 6. The monoisotopic (exact) mass is 521 g/mol. The summed E-state index contributed by atoms with van der Waals surface area (Å²) in [6.45, 7) is 2.05. The van der Waals surface area contributed by atoms with Gasteiger partial charge in [0.15, 0.2) is 0 Å². The summed E-state index contributed by atoms with van der Waals surface area (Å²) in [5, 5.41) is 3.73. The highest BCUT2D eigenvalue weighted by molar-refractivity contribution is 7.54. The van der Waals surface area contributed by atoms with Crippen molar-refractivity contribution in [1.82, 2.24) is 0 Å². The fourth-order valence-corrected chi connectivity index (χ4v) is 4.99. The van der Waals surface area contributed by atoms with Gasteiger partial charge < -0.3 is 19.1 Å². The molecule has 8 heteroatoms. The van der Waals surface area contributed by atoms with E-state index in [2.05, 4.69) is 5.32 Å². The number of esters is 1. The maximum atomic E-state index is 14.0. The Balaban J connectivity index is 1.58. The summed E-state index contributed by atoms with van der Waals surface area (Å²) in [5.74, 6) is 0.437. The summed E-state index contributed by atoms with van der Waals surface area (Å²) in [4.78, 5) is 11.9. The third-order valence-corrected chi connectivity index (χ3v) is 6.90. The van der Waals surface area contributed by atoms with Crippen LogP contribution in [0.2, 0.25) is 5.02 Å². The highest BCUT2D eigenvalue weighted by Gasteiger charge is 2.29. The molecule has 0 radical (unpaired) electrons. The maximum Gasteiger partial charge on any atom is 0.449 e. The summed E-state index contributed by atoms with van der Waals surface area (Å²) in [7, 11) is -3.76. The maximum absolute atomic E-state index is 14.0. The molecule has 0 amide bonds. The van der Waals surface area contributed by atoms with Gasteiger partial charge in [0.2, 0.25) is 0 Å². The van der Waals surface area contributed by atoms with Gasteiger partial charge in [-0.15, -0.1) is 0 Å². The number of hydrogen-bond donors (Lipinski definition) is 1. The first-order valence-corrected chi connectivity index (χ1v) is 13.5. The highest BCUT2D eigenvalue weighted by Crippen LogP contribution is 2.50. The number of rotatable bonds is 10. The average Bonchev–Trinajstić information content (AvgIpc) is 2.89. The Kier molecular flexibility index (Phi) is 8.32. The van der Waals surface area contributed by atoms with Crippen LogP contribution in [-0.2, 0) is 9.30 Å². The second-order valence-corrected chi connectivity index (χ2v) is 10.1. The second-order valence-electron chi connectivity index (χ2n) is 7.74. The van der Waals surface area contributed by atoms with Crippen molar-refractivity contribution in [3.8, 4) is 22.6 Å². The largest absolute Gasteiger partial charge is 0.462 e. The van der Waals surface area contributed by atoms with Crippen LogP contribution < -0.4 is 14.4 Å². The zero-order valence-electron chi connectivity index (χ0n) is 19.6. The van der Waals surface area contributed by atoms with E-state index in [1.165, 1.54) is 0 Å². The fraction of sp³-hybridized carbons (Fsp3) is 0.107. The average molecular weight is 522 g/mol. The predicted molar refractivity (Wildman–Crippen MR) is 143 cm³/mol. The zero-order valence-corrected chi connectivity index (χ0v) is 21.2. The lowest BCUT2D eigenvalue weighted by atomic mass is 10.1. The number of benzene rings is 4. The first kappa shape index (κ1) is 25.4. The van der Waals surface area contributed by atoms with E-state index in [1.54, 1.807) is 73.7 Å². The molecule has 6 nitrogen and oxygen atoms in total. The SMILES string of the molecule is CCOC(=O)c1ccc(NCP(=O)(Oc2ccccc2)Oc2ccccc2-c2ccc(Cl)cc2)cc1. The van der Waals surface area contributed by atoms with Gasteiger partial charge in [0.05, 0.1) is 12.2 Å². The summed E-state index contributed by atoms with van der Waals surface area (Å²) in [6.07, 6.45) is -0.115. The van der Waals surface area contributed by atoms with Gasteiger partial charge in [0.1, 0.15) is 17.8 Å². The molecule has 1 unspecified atom stereocenters. The Morgan fingerprint density at radius 1 is 0.833 bits per heavy atom. The van der Waals surface area contributed by atoms with Gasteiger partial charge in [-0.1, -0.05) is 60.1 Å². The number of para-hydroxylation sites is 2. The van der Waals surface area contributed by atoms with E-state index in [-0.39, 0.29) is 6.29 Å². The smallest absolute Gasteiger partial charge is 0.449 e. The molecule has 0 spiro atoms. The molecule has 0 heterocycles. The Morgan fingerprint density at radius 2 is 1.50 bits per heavy atom. The lowest BCUT2D eigenvalue weighted by molar-refractivity contribution is 0.0526. The van der Waals surface area contributed by atoms with E-state index in [0.29, 0.717) is 34.4 Å². The van der Waals surface area contributed by atoms with Gasteiger partial charge in [-0.2, -0.15) is 0 Å². The van der Waals surface area contributed by atoms with Crippen LogP contribution >= 0.6 is 19.2 Å². The van der Waals surface area contributed by atoms with Crippen LogP contribution in [0, 0.1) is 0 Å². The normalized spacial score (nSPS) is 12.3.